The van der Waals surface area contributed by atoms with E-state index in [1.165, 1.54) is 17.7 Å². The van der Waals surface area contributed by atoms with Crippen LogP contribution in [0.2, 0.25) is 5.02 Å². The Morgan fingerprint density at radius 2 is 1.97 bits per heavy atom. The molecule has 0 radical (unpaired) electrons. The lowest BCUT2D eigenvalue weighted by atomic mass is 10.2. The molecule has 0 saturated heterocycles. The van der Waals surface area contributed by atoms with Crippen LogP contribution in [0, 0.1) is 4.77 Å². The molecule has 0 aliphatic carbocycles. The van der Waals surface area contributed by atoms with Crippen molar-refractivity contribution in [3.63, 3.8) is 0 Å². The Kier molecular flexibility index (Phi) is 6.10. The van der Waals surface area contributed by atoms with Crippen LogP contribution >= 0.6 is 23.8 Å². The fourth-order valence-corrected chi connectivity index (χ4v) is 2.99. The molecule has 1 aromatic heterocycles. The van der Waals surface area contributed by atoms with Gasteiger partial charge in [0.25, 0.3) is 11.5 Å². The number of aromatic nitrogens is 2. The summed E-state index contributed by atoms with van der Waals surface area (Å²) in [5, 5.41) is 14.6. The highest BCUT2D eigenvalue weighted by atomic mass is 35.5. The van der Waals surface area contributed by atoms with Crippen molar-refractivity contribution in [3.05, 3.63) is 79.8 Å². The summed E-state index contributed by atoms with van der Waals surface area (Å²) in [5.41, 5.74) is 2.14. The Hall–Kier alpha value is -3.43. The van der Waals surface area contributed by atoms with Gasteiger partial charge in [0, 0.05) is 0 Å². The number of carbonyl (C=O) groups excluding carboxylic acids is 1. The lowest BCUT2D eigenvalue weighted by Gasteiger charge is -2.11. The second kappa shape index (κ2) is 8.72. The first kappa shape index (κ1) is 20.3. The number of ether oxygens (including phenoxy) is 1. The number of H-pyrrole nitrogens is 1. The lowest BCUT2D eigenvalue weighted by Crippen LogP contribution is -2.21. The molecule has 0 bridgehead atoms. The van der Waals surface area contributed by atoms with Crippen LogP contribution in [0.4, 0.5) is 0 Å². The average molecular weight is 431 g/mol. The third-order valence-corrected chi connectivity index (χ3v) is 4.54. The summed E-state index contributed by atoms with van der Waals surface area (Å²) in [4.78, 5) is 26.8. The molecule has 0 fully saturated rings. The third kappa shape index (κ3) is 4.36. The highest BCUT2D eigenvalue weighted by molar-refractivity contribution is 7.71. The molecule has 0 aliphatic heterocycles. The highest BCUT2D eigenvalue weighted by Gasteiger charge is 2.13. The van der Waals surface area contributed by atoms with Crippen LogP contribution in [-0.2, 0) is 0 Å². The maximum absolute atomic E-state index is 12.2. The monoisotopic (exact) mass is 430 g/mol. The number of hydrogen-bond donors (Lipinski definition) is 3. The van der Waals surface area contributed by atoms with Gasteiger partial charge >= 0.3 is 0 Å². The lowest BCUT2D eigenvalue weighted by molar-refractivity contribution is 0.0955. The molecule has 1 amide bonds. The Labute approximate surface area is 175 Å². The molecule has 0 spiro atoms. The first-order valence-corrected chi connectivity index (χ1v) is 9.01. The molecule has 1 heterocycles. The fourth-order valence-electron chi connectivity index (χ4n) is 2.49. The third-order valence-electron chi connectivity index (χ3n) is 3.93. The number of carbonyl (C=O) groups is 1. The van der Waals surface area contributed by atoms with Gasteiger partial charge in [0.15, 0.2) is 4.77 Å². The number of hydrazone groups is 1. The van der Waals surface area contributed by atoms with Gasteiger partial charge in [-0.2, -0.15) is 5.10 Å². The smallest absolute Gasteiger partial charge is 0.272 e. The van der Waals surface area contributed by atoms with E-state index in [4.69, 9.17) is 28.6 Å². The van der Waals surface area contributed by atoms with Crippen molar-refractivity contribution in [2.75, 3.05) is 7.11 Å². The minimum absolute atomic E-state index is 0.00470. The maximum Gasteiger partial charge on any atom is 0.272 e. The number of aromatic amines is 1. The van der Waals surface area contributed by atoms with Crippen molar-refractivity contribution < 1.29 is 14.6 Å². The van der Waals surface area contributed by atoms with Gasteiger partial charge in [-0.3, -0.25) is 19.1 Å². The Morgan fingerprint density at radius 1 is 1.28 bits per heavy atom. The van der Waals surface area contributed by atoms with Crippen LogP contribution < -0.4 is 15.7 Å². The molecule has 3 rings (SSSR count). The first-order valence-electron chi connectivity index (χ1n) is 8.23. The van der Waals surface area contributed by atoms with Gasteiger partial charge in [0.1, 0.15) is 11.3 Å². The molecule has 10 heteroatoms. The van der Waals surface area contributed by atoms with Gasteiger partial charge in [-0.15, -0.1) is 0 Å². The summed E-state index contributed by atoms with van der Waals surface area (Å²) < 4.78 is 6.36. The van der Waals surface area contributed by atoms with Crippen LogP contribution in [0.25, 0.3) is 5.69 Å². The number of amides is 1. The van der Waals surface area contributed by atoms with E-state index in [1.54, 1.807) is 42.5 Å². The number of hydrogen-bond acceptors (Lipinski definition) is 6. The van der Waals surface area contributed by atoms with E-state index in [1.807, 2.05) is 0 Å². The van der Waals surface area contributed by atoms with Crippen molar-refractivity contribution in [1.82, 2.24) is 15.0 Å². The molecule has 0 unspecified atom stereocenters. The fraction of sp³-hybridized carbons (Fsp3) is 0.0526. The second-order valence-corrected chi connectivity index (χ2v) is 6.50. The van der Waals surface area contributed by atoms with Crippen molar-refractivity contribution in [2.45, 2.75) is 0 Å². The maximum atomic E-state index is 12.2. The zero-order valence-corrected chi connectivity index (χ0v) is 16.6. The van der Waals surface area contributed by atoms with E-state index in [0.717, 1.165) is 6.21 Å². The van der Waals surface area contributed by atoms with Gasteiger partial charge in [-0.25, -0.2) is 5.43 Å². The van der Waals surface area contributed by atoms with Crippen LogP contribution in [0.1, 0.15) is 15.9 Å². The largest absolute Gasteiger partial charge is 0.497 e. The van der Waals surface area contributed by atoms with Crippen molar-refractivity contribution >= 4 is 35.9 Å². The summed E-state index contributed by atoms with van der Waals surface area (Å²) >= 11 is 11.1. The predicted octanol–water partition coefficient (Wildman–Crippen LogP) is 3.03. The molecule has 3 N–H and O–H groups in total. The van der Waals surface area contributed by atoms with Crippen molar-refractivity contribution in [3.8, 4) is 17.3 Å². The van der Waals surface area contributed by atoms with Gasteiger partial charge in [-0.1, -0.05) is 23.7 Å². The zero-order valence-electron chi connectivity index (χ0n) is 15.0. The second-order valence-electron chi connectivity index (χ2n) is 5.71. The molecule has 0 atom stereocenters. The number of halogens is 1. The normalized spacial score (nSPS) is 10.8. The molecule has 29 heavy (non-hydrogen) atoms. The number of methoxy groups -OCH3 is 1. The number of aromatic hydroxyl groups is 1. The standard InChI is InChI=1S/C19H15ClN4O4S/c1-28-12-8-6-11(7-9-12)24-18(27)14(16(25)22-19(24)29)10-21-23-17(26)13-4-2-3-5-15(13)20/h2-10,27H,1H3,(H,23,26)(H,22,25,29)/b21-10+. The molecule has 2 aromatic carbocycles. The van der Waals surface area contributed by atoms with Crippen LogP contribution in [0.15, 0.2) is 58.4 Å². The Balaban J connectivity index is 1.92. The van der Waals surface area contributed by atoms with Gasteiger partial charge in [0.05, 0.1) is 29.6 Å². The Bertz CT molecular complexity index is 1200. The highest BCUT2D eigenvalue weighted by Crippen LogP contribution is 2.21. The summed E-state index contributed by atoms with van der Waals surface area (Å²) in [7, 11) is 1.53. The Morgan fingerprint density at radius 3 is 2.62 bits per heavy atom. The van der Waals surface area contributed by atoms with Gasteiger partial charge in [-0.05, 0) is 48.6 Å². The van der Waals surface area contributed by atoms with Crippen LogP contribution in [0.3, 0.4) is 0 Å². The van der Waals surface area contributed by atoms with E-state index in [9.17, 15) is 14.7 Å². The van der Waals surface area contributed by atoms with Crippen LogP contribution in [0.5, 0.6) is 11.6 Å². The minimum atomic E-state index is -0.659. The van der Waals surface area contributed by atoms with Gasteiger partial charge in [0.2, 0.25) is 5.88 Å². The van der Waals surface area contributed by atoms with Gasteiger partial charge < -0.3 is 9.84 Å². The van der Waals surface area contributed by atoms with Crippen LogP contribution in [-0.4, -0.2) is 33.9 Å². The SMILES string of the molecule is COc1ccc(-n2c(O)c(/C=N/NC(=O)c3ccccc3Cl)c(=O)[nH]c2=S)cc1. The number of benzene rings is 2. The topological polar surface area (TPSA) is 109 Å². The van der Waals surface area contributed by atoms with E-state index >= 15 is 0 Å². The minimum Gasteiger partial charge on any atom is -0.497 e. The first-order chi connectivity index (χ1) is 13.9. The molecule has 0 saturated carbocycles. The molecular weight excluding hydrogens is 416 g/mol. The van der Waals surface area contributed by atoms with E-state index in [0.29, 0.717) is 11.4 Å². The average Bonchev–Trinajstić information content (AvgIpc) is 2.71. The van der Waals surface area contributed by atoms with E-state index in [2.05, 4.69) is 15.5 Å². The summed E-state index contributed by atoms with van der Waals surface area (Å²) in [5.74, 6) is -0.376. The van der Waals surface area contributed by atoms with Crippen molar-refractivity contribution in [1.29, 1.82) is 0 Å². The van der Waals surface area contributed by atoms with E-state index in [-0.39, 0.29) is 20.9 Å². The molecular formula is C19H15ClN4O4S. The quantitative estimate of drug-likeness (QED) is 0.327. The number of nitrogens with one attached hydrogen (secondary N) is 2. The molecule has 148 valence electrons. The van der Waals surface area contributed by atoms with Crippen molar-refractivity contribution in [2.24, 2.45) is 5.10 Å². The summed E-state index contributed by atoms with van der Waals surface area (Å²) in [6.07, 6.45) is 1.03. The number of rotatable bonds is 5. The molecule has 3 aromatic rings. The number of nitrogens with zero attached hydrogens (tertiary/aromatic N) is 2. The summed E-state index contributed by atoms with van der Waals surface area (Å²) in [6.45, 7) is 0. The zero-order chi connectivity index (χ0) is 21.0. The molecule has 8 nitrogen and oxygen atoms in total. The molecule has 0 aliphatic rings. The predicted molar refractivity (Wildman–Crippen MR) is 112 cm³/mol. The van der Waals surface area contributed by atoms with E-state index < -0.39 is 17.3 Å². The summed E-state index contributed by atoms with van der Waals surface area (Å²) in [6, 6.07) is 13.1.